The molecule has 1 aromatic heterocycles. The second-order valence-corrected chi connectivity index (χ2v) is 3.19. The molecule has 0 bridgehead atoms. The molecule has 2 rings (SSSR count). The number of nitriles is 1. The van der Waals surface area contributed by atoms with Crippen molar-refractivity contribution in [2.24, 2.45) is 0 Å². The Morgan fingerprint density at radius 1 is 1.50 bits per heavy atom. The van der Waals surface area contributed by atoms with E-state index in [0.29, 0.717) is 11.5 Å². The molecule has 1 heterocycles. The van der Waals surface area contributed by atoms with Gasteiger partial charge in [-0.1, -0.05) is 12.1 Å². The first-order chi connectivity index (χ1) is 7.79. The number of nitrogens with one attached hydrogen (secondary N) is 1. The minimum atomic E-state index is -0.329. The van der Waals surface area contributed by atoms with Crippen LogP contribution in [0.4, 0.5) is 0 Å². The lowest BCUT2D eigenvalue weighted by Gasteiger charge is -1.96. The molecule has 0 spiro atoms. The number of benzene rings is 1. The number of nitrogens with zero attached hydrogens (tertiary/aromatic N) is 2. The number of aromatic nitrogens is 1. The predicted molar refractivity (Wildman–Crippen MR) is 56.1 cm³/mol. The number of hydrogen-bond donors (Lipinski definition) is 1. The van der Waals surface area contributed by atoms with Crippen molar-refractivity contribution in [1.82, 2.24) is 10.3 Å². The van der Waals surface area contributed by atoms with Crippen LogP contribution < -0.4 is 5.32 Å². The zero-order chi connectivity index (χ0) is 11.4. The van der Waals surface area contributed by atoms with Crippen molar-refractivity contribution in [3.05, 3.63) is 30.2 Å². The molecule has 0 radical (unpaired) electrons. The standard InChI is InChI=1S/C11H9N3O2/c12-6-5-10(15)13-7-11-14-8-3-1-2-4-9(8)16-11/h1-4H,5,7H2,(H,13,15). The van der Waals surface area contributed by atoms with Crippen LogP contribution in [0.2, 0.25) is 0 Å². The van der Waals surface area contributed by atoms with Gasteiger partial charge in [0.05, 0.1) is 12.6 Å². The number of fused-ring (bicyclic) bond motifs is 1. The van der Waals surface area contributed by atoms with E-state index in [1.54, 1.807) is 6.07 Å². The van der Waals surface area contributed by atoms with E-state index < -0.39 is 0 Å². The first-order valence-corrected chi connectivity index (χ1v) is 4.77. The maximum absolute atomic E-state index is 11.0. The van der Waals surface area contributed by atoms with E-state index in [9.17, 15) is 4.79 Å². The average Bonchev–Trinajstić information content (AvgIpc) is 2.69. The Morgan fingerprint density at radius 3 is 3.06 bits per heavy atom. The molecule has 16 heavy (non-hydrogen) atoms. The van der Waals surface area contributed by atoms with Gasteiger partial charge in [0.2, 0.25) is 11.8 Å². The molecule has 0 unspecified atom stereocenters. The Balaban J connectivity index is 2.05. The number of oxazole rings is 1. The highest BCUT2D eigenvalue weighted by Gasteiger charge is 2.06. The molecule has 0 aliphatic carbocycles. The topological polar surface area (TPSA) is 78.9 Å². The fourth-order valence-corrected chi connectivity index (χ4v) is 1.30. The van der Waals surface area contributed by atoms with Crippen LogP contribution >= 0.6 is 0 Å². The molecule has 1 amide bonds. The zero-order valence-electron chi connectivity index (χ0n) is 8.43. The molecular weight excluding hydrogens is 206 g/mol. The van der Waals surface area contributed by atoms with Crippen LogP contribution in [0.5, 0.6) is 0 Å². The van der Waals surface area contributed by atoms with E-state index in [-0.39, 0.29) is 18.9 Å². The highest BCUT2D eigenvalue weighted by Crippen LogP contribution is 2.14. The minimum absolute atomic E-state index is 0.153. The van der Waals surface area contributed by atoms with Gasteiger partial charge in [-0.05, 0) is 12.1 Å². The van der Waals surface area contributed by atoms with Crippen LogP contribution in [0.1, 0.15) is 12.3 Å². The monoisotopic (exact) mass is 215 g/mol. The molecule has 5 nitrogen and oxygen atoms in total. The van der Waals surface area contributed by atoms with Gasteiger partial charge in [-0.15, -0.1) is 0 Å². The van der Waals surface area contributed by atoms with Crippen molar-refractivity contribution in [3.63, 3.8) is 0 Å². The van der Waals surface area contributed by atoms with Crippen LogP contribution in [0.3, 0.4) is 0 Å². The Kier molecular flexibility index (Phi) is 2.83. The highest BCUT2D eigenvalue weighted by molar-refractivity contribution is 5.78. The summed E-state index contributed by atoms with van der Waals surface area (Å²) in [6, 6.07) is 9.13. The number of rotatable bonds is 3. The van der Waals surface area contributed by atoms with Crippen molar-refractivity contribution in [1.29, 1.82) is 5.26 Å². The summed E-state index contributed by atoms with van der Waals surface area (Å²) >= 11 is 0. The SMILES string of the molecule is N#CCC(=O)NCc1nc2ccccc2o1. The van der Waals surface area contributed by atoms with Crippen molar-refractivity contribution in [3.8, 4) is 6.07 Å². The lowest BCUT2D eigenvalue weighted by atomic mass is 10.3. The number of carbonyl (C=O) groups is 1. The maximum atomic E-state index is 11.0. The molecule has 0 aliphatic rings. The number of hydrogen-bond acceptors (Lipinski definition) is 4. The third-order valence-corrected chi connectivity index (χ3v) is 2.01. The summed E-state index contributed by atoms with van der Waals surface area (Å²) in [5.74, 6) is 0.109. The Hall–Kier alpha value is -2.35. The van der Waals surface area contributed by atoms with Crippen LogP contribution in [0, 0.1) is 11.3 Å². The third-order valence-electron chi connectivity index (χ3n) is 2.01. The summed E-state index contributed by atoms with van der Waals surface area (Å²) in [6.07, 6.45) is -0.153. The third kappa shape index (κ3) is 2.17. The molecule has 0 aliphatic heterocycles. The van der Waals surface area contributed by atoms with E-state index in [1.165, 1.54) is 0 Å². The van der Waals surface area contributed by atoms with Gasteiger partial charge < -0.3 is 9.73 Å². The van der Waals surface area contributed by atoms with Crippen molar-refractivity contribution in [2.45, 2.75) is 13.0 Å². The molecular formula is C11H9N3O2. The Labute approximate surface area is 91.7 Å². The second kappa shape index (κ2) is 4.45. The van der Waals surface area contributed by atoms with Crippen molar-refractivity contribution in [2.75, 3.05) is 0 Å². The summed E-state index contributed by atoms with van der Waals surface area (Å²) in [7, 11) is 0. The number of para-hydroxylation sites is 2. The molecule has 80 valence electrons. The Morgan fingerprint density at radius 2 is 2.31 bits per heavy atom. The van der Waals surface area contributed by atoms with Crippen LogP contribution in [0.25, 0.3) is 11.1 Å². The molecule has 1 N–H and O–H groups in total. The number of carbonyl (C=O) groups excluding carboxylic acids is 1. The van der Waals surface area contributed by atoms with Crippen molar-refractivity contribution < 1.29 is 9.21 Å². The van der Waals surface area contributed by atoms with Crippen LogP contribution in [-0.2, 0) is 11.3 Å². The normalized spacial score (nSPS) is 9.94. The van der Waals surface area contributed by atoms with E-state index in [1.807, 2.05) is 24.3 Å². The van der Waals surface area contributed by atoms with Crippen LogP contribution in [0.15, 0.2) is 28.7 Å². The molecule has 0 fully saturated rings. The summed E-state index contributed by atoms with van der Waals surface area (Å²) in [4.78, 5) is 15.2. The van der Waals surface area contributed by atoms with Gasteiger partial charge in [-0.2, -0.15) is 5.26 Å². The van der Waals surface area contributed by atoms with Crippen molar-refractivity contribution >= 4 is 17.0 Å². The lowest BCUT2D eigenvalue weighted by molar-refractivity contribution is -0.120. The van der Waals surface area contributed by atoms with E-state index in [0.717, 1.165) is 5.52 Å². The lowest BCUT2D eigenvalue weighted by Crippen LogP contribution is -2.21. The summed E-state index contributed by atoms with van der Waals surface area (Å²) in [5, 5.41) is 10.8. The fourth-order valence-electron chi connectivity index (χ4n) is 1.30. The molecule has 0 atom stereocenters. The highest BCUT2D eigenvalue weighted by atomic mass is 16.3. The van der Waals surface area contributed by atoms with Gasteiger partial charge in [0.25, 0.3) is 0 Å². The first-order valence-electron chi connectivity index (χ1n) is 4.77. The van der Waals surface area contributed by atoms with Gasteiger partial charge >= 0.3 is 0 Å². The average molecular weight is 215 g/mol. The first kappa shape index (κ1) is 10.2. The minimum Gasteiger partial charge on any atom is -0.439 e. The molecule has 2 aromatic rings. The summed E-state index contributed by atoms with van der Waals surface area (Å²) in [6.45, 7) is 0.204. The van der Waals surface area contributed by atoms with Gasteiger partial charge in [-0.25, -0.2) is 4.98 Å². The fraction of sp³-hybridized carbons (Fsp3) is 0.182. The Bertz CT molecular complexity index is 521. The van der Waals surface area contributed by atoms with E-state index in [2.05, 4.69) is 10.3 Å². The summed E-state index contributed by atoms with van der Waals surface area (Å²) in [5.41, 5.74) is 1.44. The predicted octanol–water partition coefficient (Wildman–Crippen LogP) is 1.36. The maximum Gasteiger partial charge on any atom is 0.234 e. The quantitative estimate of drug-likeness (QED) is 0.838. The molecule has 0 saturated heterocycles. The van der Waals surface area contributed by atoms with E-state index >= 15 is 0 Å². The molecule has 5 heteroatoms. The van der Waals surface area contributed by atoms with E-state index in [4.69, 9.17) is 9.68 Å². The smallest absolute Gasteiger partial charge is 0.234 e. The molecule has 1 aromatic carbocycles. The second-order valence-electron chi connectivity index (χ2n) is 3.19. The largest absolute Gasteiger partial charge is 0.439 e. The van der Waals surface area contributed by atoms with Gasteiger partial charge in [-0.3, -0.25) is 4.79 Å². The zero-order valence-corrected chi connectivity index (χ0v) is 8.43. The van der Waals surface area contributed by atoms with Gasteiger partial charge in [0.15, 0.2) is 5.58 Å². The van der Waals surface area contributed by atoms with Gasteiger partial charge in [0, 0.05) is 0 Å². The van der Waals surface area contributed by atoms with Gasteiger partial charge in [0.1, 0.15) is 11.9 Å². The molecule has 0 saturated carbocycles. The number of amides is 1. The summed E-state index contributed by atoms with van der Waals surface area (Å²) < 4.78 is 5.39. The van der Waals surface area contributed by atoms with Crippen LogP contribution in [-0.4, -0.2) is 10.9 Å².